The molecule has 5 nitrogen and oxygen atoms in total. The Bertz CT molecular complexity index is 248. The molecule has 2 heterocycles. The van der Waals surface area contributed by atoms with E-state index in [-0.39, 0.29) is 6.04 Å². The zero-order chi connectivity index (χ0) is 8.55. The van der Waals surface area contributed by atoms with Gasteiger partial charge in [0.25, 0.3) is 0 Å². The average Bonchev–Trinajstić information content (AvgIpc) is 2.58. The molecule has 12 heavy (non-hydrogen) atoms. The predicted molar refractivity (Wildman–Crippen MR) is 43.0 cm³/mol. The summed E-state index contributed by atoms with van der Waals surface area (Å²) >= 11 is 0. The zero-order valence-electron chi connectivity index (χ0n) is 6.67. The quantitative estimate of drug-likeness (QED) is 0.526. The van der Waals surface area contributed by atoms with E-state index in [0.717, 1.165) is 0 Å². The van der Waals surface area contributed by atoms with E-state index in [9.17, 15) is 5.11 Å². The van der Waals surface area contributed by atoms with Gasteiger partial charge in [0.1, 0.15) is 0 Å². The molecule has 2 atom stereocenters. The fraction of sp³-hybridized carbons (Fsp3) is 0.571. The fourth-order valence-electron chi connectivity index (χ4n) is 1.54. The molecule has 2 rings (SSSR count). The van der Waals surface area contributed by atoms with Crippen LogP contribution in [0.1, 0.15) is 6.04 Å². The molecule has 0 saturated carbocycles. The van der Waals surface area contributed by atoms with Crippen molar-refractivity contribution in [1.29, 1.82) is 0 Å². The third-order valence-corrected chi connectivity index (χ3v) is 2.15. The molecule has 0 spiro atoms. The van der Waals surface area contributed by atoms with Crippen molar-refractivity contribution in [3.63, 3.8) is 0 Å². The van der Waals surface area contributed by atoms with Crippen molar-refractivity contribution in [2.24, 2.45) is 5.84 Å². The molecule has 5 heteroatoms. The van der Waals surface area contributed by atoms with Crippen molar-refractivity contribution >= 4 is 0 Å². The molecule has 1 aromatic heterocycles. The molecule has 0 aliphatic carbocycles. The molecule has 0 unspecified atom stereocenters. The van der Waals surface area contributed by atoms with Crippen LogP contribution in [0.25, 0.3) is 0 Å². The Morgan fingerprint density at radius 3 is 2.83 bits per heavy atom. The molecular formula is C7H12N4O. The van der Waals surface area contributed by atoms with Gasteiger partial charge in [-0.15, -0.1) is 0 Å². The molecule has 3 N–H and O–H groups in total. The Labute approximate surface area is 70.4 Å². The molecule has 1 fully saturated rings. The Balaban J connectivity index is 2.15. The zero-order valence-corrected chi connectivity index (χ0v) is 6.67. The van der Waals surface area contributed by atoms with Crippen LogP contribution in [0, 0.1) is 0 Å². The Morgan fingerprint density at radius 2 is 2.33 bits per heavy atom. The smallest absolute Gasteiger partial charge is 0.0931 e. The van der Waals surface area contributed by atoms with Crippen molar-refractivity contribution in [3.8, 4) is 0 Å². The maximum absolute atomic E-state index is 9.55. The van der Waals surface area contributed by atoms with Gasteiger partial charge in [-0.3, -0.25) is 10.5 Å². The van der Waals surface area contributed by atoms with Crippen molar-refractivity contribution in [2.45, 2.75) is 12.1 Å². The van der Waals surface area contributed by atoms with Crippen LogP contribution < -0.4 is 5.84 Å². The second-order valence-electron chi connectivity index (χ2n) is 3.07. The van der Waals surface area contributed by atoms with E-state index in [1.54, 1.807) is 15.9 Å². The Kier molecular flexibility index (Phi) is 1.84. The van der Waals surface area contributed by atoms with Gasteiger partial charge in [-0.2, -0.15) is 5.10 Å². The summed E-state index contributed by atoms with van der Waals surface area (Å²) in [4.78, 5) is 0. The van der Waals surface area contributed by atoms with Gasteiger partial charge >= 0.3 is 0 Å². The summed E-state index contributed by atoms with van der Waals surface area (Å²) in [6.45, 7) is 1.17. The van der Waals surface area contributed by atoms with E-state index in [2.05, 4.69) is 5.10 Å². The van der Waals surface area contributed by atoms with E-state index in [0.29, 0.717) is 13.1 Å². The summed E-state index contributed by atoms with van der Waals surface area (Å²) in [5.74, 6) is 5.55. The third kappa shape index (κ3) is 1.22. The van der Waals surface area contributed by atoms with E-state index in [1.807, 2.05) is 12.3 Å². The third-order valence-electron chi connectivity index (χ3n) is 2.15. The predicted octanol–water partition coefficient (Wildman–Crippen LogP) is -1.03. The number of nitrogens with two attached hydrogens (primary N) is 1. The number of nitrogens with zero attached hydrogens (tertiary/aromatic N) is 3. The summed E-state index contributed by atoms with van der Waals surface area (Å²) in [7, 11) is 0. The Hall–Kier alpha value is -0.910. The number of hydrazine groups is 1. The average molecular weight is 168 g/mol. The molecule has 0 amide bonds. The summed E-state index contributed by atoms with van der Waals surface area (Å²) in [5.41, 5.74) is 0. The van der Waals surface area contributed by atoms with Gasteiger partial charge < -0.3 is 5.11 Å². The minimum Gasteiger partial charge on any atom is -0.389 e. The maximum Gasteiger partial charge on any atom is 0.0931 e. The lowest BCUT2D eigenvalue weighted by Gasteiger charge is -2.12. The second kappa shape index (κ2) is 2.85. The van der Waals surface area contributed by atoms with Crippen LogP contribution in [0.5, 0.6) is 0 Å². The number of hydrogen-bond acceptors (Lipinski definition) is 4. The number of aliphatic hydroxyl groups is 1. The monoisotopic (exact) mass is 168 g/mol. The van der Waals surface area contributed by atoms with Gasteiger partial charge in [-0.05, 0) is 6.07 Å². The van der Waals surface area contributed by atoms with Gasteiger partial charge in [0.15, 0.2) is 0 Å². The standard InChI is InChI=1S/C7H12N4O/c8-10-4-6(7(12)5-10)11-3-1-2-9-11/h1-3,6-7,12H,4-5,8H2/t6-,7-/m1/s1. The number of β-amino-alcohol motifs (C(OH)–C–C–N with tert-alkyl or cyclic N) is 1. The topological polar surface area (TPSA) is 67.3 Å². The number of rotatable bonds is 1. The van der Waals surface area contributed by atoms with Crippen LogP contribution in [0.4, 0.5) is 0 Å². The SMILES string of the molecule is NN1C[C@@H](O)[C@H](n2cccn2)C1. The first kappa shape index (κ1) is 7.72. The van der Waals surface area contributed by atoms with Crippen LogP contribution >= 0.6 is 0 Å². The van der Waals surface area contributed by atoms with Crippen LogP contribution in [-0.4, -0.2) is 39.1 Å². The van der Waals surface area contributed by atoms with Crippen LogP contribution in [0.2, 0.25) is 0 Å². The fourth-order valence-corrected chi connectivity index (χ4v) is 1.54. The first-order chi connectivity index (χ1) is 5.77. The molecular weight excluding hydrogens is 156 g/mol. The summed E-state index contributed by atoms with van der Waals surface area (Å²) in [6.07, 6.45) is 3.13. The molecule has 0 radical (unpaired) electrons. The number of hydrogen-bond donors (Lipinski definition) is 2. The maximum atomic E-state index is 9.55. The van der Waals surface area contributed by atoms with Gasteiger partial charge in [-0.25, -0.2) is 5.01 Å². The van der Waals surface area contributed by atoms with E-state index in [1.165, 1.54) is 0 Å². The highest BCUT2D eigenvalue weighted by Crippen LogP contribution is 2.18. The lowest BCUT2D eigenvalue weighted by molar-refractivity contribution is 0.139. The first-order valence-corrected chi connectivity index (χ1v) is 3.94. The second-order valence-corrected chi connectivity index (χ2v) is 3.07. The lowest BCUT2D eigenvalue weighted by atomic mass is 10.2. The van der Waals surface area contributed by atoms with Crippen LogP contribution in [0.15, 0.2) is 18.5 Å². The lowest BCUT2D eigenvalue weighted by Crippen LogP contribution is -2.28. The highest BCUT2D eigenvalue weighted by Gasteiger charge is 2.31. The molecule has 1 aliphatic heterocycles. The molecule has 66 valence electrons. The van der Waals surface area contributed by atoms with E-state index < -0.39 is 6.10 Å². The highest BCUT2D eigenvalue weighted by atomic mass is 16.3. The van der Waals surface area contributed by atoms with Crippen LogP contribution in [0.3, 0.4) is 0 Å². The minimum absolute atomic E-state index is 0.00463. The normalized spacial score (nSPS) is 31.2. The summed E-state index contributed by atoms with van der Waals surface area (Å²) in [6, 6.07) is 1.84. The van der Waals surface area contributed by atoms with Gasteiger partial charge in [0.2, 0.25) is 0 Å². The van der Waals surface area contributed by atoms with Crippen molar-refractivity contribution in [3.05, 3.63) is 18.5 Å². The molecule has 1 aromatic rings. The molecule has 1 saturated heterocycles. The molecule has 1 aliphatic rings. The minimum atomic E-state index is -0.408. The number of aliphatic hydroxyl groups excluding tert-OH is 1. The molecule has 0 bridgehead atoms. The summed E-state index contributed by atoms with van der Waals surface area (Å²) < 4.78 is 1.75. The van der Waals surface area contributed by atoms with Crippen LogP contribution in [-0.2, 0) is 0 Å². The molecule has 0 aromatic carbocycles. The first-order valence-electron chi connectivity index (χ1n) is 3.94. The van der Waals surface area contributed by atoms with Gasteiger partial charge in [0.05, 0.1) is 12.1 Å². The number of aromatic nitrogens is 2. The van der Waals surface area contributed by atoms with Gasteiger partial charge in [0, 0.05) is 25.5 Å². The van der Waals surface area contributed by atoms with E-state index in [4.69, 9.17) is 5.84 Å². The van der Waals surface area contributed by atoms with Crippen molar-refractivity contribution in [2.75, 3.05) is 13.1 Å². The largest absolute Gasteiger partial charge is 0.389 e. The van der Waals surface area contributed by atoms with Crippen molar-refractivity contribution in [1.82, 2.24) is 14.8 Å². The van der Waals surface area contributed by atoms with Gasteiger partial charge in [-0.1, -0.05) is 0 Å². The summed E-state index contributed by atoms with van der Waals surface area (Å²) in [5, 5.41) is 15.2. The highest BCUT2D eigenvalue weighted by molar-refractivity contribution is 4.89. The Morgan fingerprint density at radius 1 is 1.50 bits per heavy atom. The van der Waals surface area contributed by atoms with E-state index >= 15 is 0 Å². The van der Waals surface area contributed by atoms with Crippen molar-refractivity contribution < 1.29 is 5.11 Å².